The molecule has 0 bridgehead atoms. The summed E-state index contributed by atoms with van der Waals surface area (Å²) >= 11 is 7.45. The van der Waals surface area contributed by atoms with Gasteiger partial charge in [0.25, 0.3) is 0 Å². The number of thioether (sulfide) groups is 1. The van der Waals surface area contributed by atoms with E-state index in [2.05, 4.69) is 0 Å². The zero-order chi connectivity index (χ0) is 10.7. The van der Waals surface area contributed by atoms with E-state index in [-0.39, 0.29) is 6.10 Å². The van der Waals surface area contributed by atoms with E-state index in [1.807, 2.05) is 6.07 Å². The molecule has 1 aliphatic carbocycles. The van der Waals surface area contributed by atoms with E-state index in [1.54, 1.807) is 17.8 Å². The lowest BCUT2D eigenvalue weighted by molar-refractivity contribution is 0.137. The molecule has 84 valence electrons. The van der Waals surface area contributed by atoms with Crippen molar-refractivity contribution < 1.29 is 9.52 Å². The number of furan rings is 1. The fourth-order valence-electron chi connectivity index (χ4n) is 1.89. The highest BCUT2D eigenvalue weighted by Gasteiger charge is 2.23. The second-order valence-corrected chi connectivity index (χ2v) is 5.51. The third-order valence-corrected chi connectivity index (χ3v) is 4.37. The summed E-state index contributed by atoms with van der Waals surface area (Å²) in [5, 5.41) is 10.6. The first-order chi connectivity index (χ1) is 7.25. The molecule has 1 aliphatic rings. The second-order valence-electron chi connectivity index (χ2n) is 3.91. The Balaban J connectivity index is 1.81. The van der Waals surface area contributed by atoms with Crippen molar-refractivity contribution in [1.82, 2.24) is 0 Å². The summed E-state index contributed by atoms with van der Waals surface area (Å²) in [6, 6.07) is 3.65. The van der Waals surface area contributed by atoms with Crippen LogP contribution in [-0.2, 0) is 5.75 Å². The van der Waals surface area contributed by atoms with Crippen LogP contribution in [0.1, 0.15) is 31.4 Å². The first-order valence-electron chi connectivity index (χ1n) is 5.29. The third kappa shape index (κ3) is 3.16. The predicted molar refractivity (Wildman–Crippen MR) is 63.3 cm³/mol. The van der Waals surface area contributed by atoms with Gasteiger partial charge in [-0.05, 0) is 36.6 Å². The average Bonchev–Trinajstić information content (AvgIpc) is 2.63. The zero-order valence-electron chi connectivity index (χ0n) is 8.49. The van der Waals surface area contributed by atoms with Gasteiger partial charge in [0.05, 0.1) is 11.9 Å². The molecule has 0 unspecified atom stereocenters. The molecule has 4 heteroatoms. The summed E-state index contributed by atoms with van der Waals surface area (Å²) in [7, 11) is 0. The molecule has 15 heavy (non-hydrogen) atoms. The largest absolute Gasteiger partial charge is 0.449 e. The topological polar surface area (TPSA) is 33.4 Å². The van der Waals surface area contributed by atoms with Crippen LogP contribution in [0.5, 0.6) is 0 Å². The Morgan fingerprint density at radius 1 is 1.40 bits per heavy atom. The molecule has 0 spiro atoms. The lowest BCUT2D eigenvalue weighted by Gasteiger charge is -2.26. The quantitative estimate of drug-likeness (QED) is 0.887. The maximum atomic E-state index is 9.77. The summed E-state index contributed by atoms with van der Waals surface area (Å²) in [5.74, 6) is 1.69. The molecule has 1 N–H and O–H groups in total. The van der Waals surface area contributed by atoms with Gasteiger partial charge >= 0.3 is 0 Å². The van der Waals surface area contributed by atoms with Crippen LogP contribution in [-0.4, -0.2) is 16.5 Å². The molecule has 1 fully saturated rings. The zero-order valence-corrected chi connectivity index (χ0v) is 10.1. The van der Waals surface area contributed by atoms with Gasteiger partial charge in [0.2, 0.25) is 0 Å². The molecule has 0 radical (unpaired) electrons. The SMILES string of the molecule is O[C@H]1CCCC[C@@H]1SCc1ccc(Cl)o1. The first-order valence-corrected chi connectivity index (χ1v) is 6.72. The van der Waals surface area contributed by atoms with E-state index in [1.165, 1.54) is 6.42 Å². The van der Waals surface area contributed by atoms with Crippen LogP contribution in [0.4, 0.5) is 0 Å². The molecule has 2 atom stereocenters. The fourth-order valence-corrected chi connectivity index (χ4v) is 3.28. The van der Waals surface area contributed by atoms with Crippen molar-refractivity contribution in [3.63, 3.8) is 0 Å². The number of aliphatic hydroxyl groups is 1. The van der Waals surface area contributed by atoms with Gasteiger partial charge in [-0.1, -0.05) is 12.8 Å². The molecule has 2 nitrogen and oxygen atoms in total. The average molecular weight is 247 g/mol. The summed E-state index contributed by atoms with van der Waals surface area (Å²) in [4.78, 5) is 0. The van der Waals surface area contributed by atoms with Crippen LogP contribution in [0, 0.1) is 0 Å². The molecule has 0 aliphatic heterocycles. The summed E-state index contributed by atoms with van der Waals surface area (Å²) in [6.45, 7) is 0. The van der Waals surface area contributed by atoms with Crippen molar-refractivity contribution in [2.24, 2.45) is 0 Å². The van der Waals surface area contributed by atoms with Gasteiger partial charge in [-0.2, -0.15) is 0 Å². The normalized spacial score (nSPS) is 26.8. The van der Waals surface area contributed by atoms with Crippen molar-refractivity contribution in [2.75, 3.05) is 0 Å². The van der Waals surface area contributed by atoms with Gasteiger partial charge in [0, 0.05) is 5.25 Å². The minimum atomic E-state index is -0.144. The summed E-state index contributed by atoms with van der Waals surface area (Å²) in [6.07, 6.45) is 4.30. The van der Waals surface area contributed by atoms with Crippen molar-refractivity contribution in [2.45, 2.75) is 42.8 Å². The lowest BCUT2D eigenvalue weighted by Crippen LogP contribution is -2.26. The monoisotopic (exact) mass is 246 g/mol. The number of rotatable bonds is 3. The molecule has 1 heterocycles. The van der Waals surface area contributed by atoms with Gasteiger partial charge in [-0.3, -0.25) is 0 Å². The van der Waals surface area contributed by atoms with E-state index in [9.17, 15) is 5.11 Å². The second kappa shape index (κ2) is 5.28. The fraction of sp³-hybridized carbons (Fsp3) is 0.636. The Morgan fingerprint density at radius 3 is 2.87 bits per heavy atom. The molecular weight excluding hydrogens is 232 g/mol. The maximum absolute atomic E-state index is 9.77. The minimum Gasteiger partial charge on any atom is -0.449 e. The highest BCUT2D eigenvalue weighted by Crippen LogP contribution is 2.31. The van der Waals surface area contributed by atoms with E-state index in [4.69, 9.17) is 16.0 Å². The number of halogens is 1. The summed E-state index contributed by atoms with van der Waals surface area (Å²) in [5.41, 5.74) is 0. The molecule has 0 amide bonds. The van der Waals surface area contributed by atoms with Crippen molar-refractivity contribution in [1.29, 1.82) is 0 Å². The van der Waals surface area contributed by atoms with Crippen LogP contribution in [0.15, 0.2) is 16.5 Å². The standard InChI is InChI=1S/C11H15ClO2S/c12-11-6-5-8(14-11)7-15-10-4-2-1-3-9(10)13/h5-6,9-10,13H,1-4,7H2/t9-,10-/m0/s1. The first kappa shape index (κ1) is 11.4. The number of hydrogen-bond donors (Lipinski definition) is 1. The Morgan fingerprint density at radius 2 is 2.20 bits per heavy atom. The molecule has 0 aromatic carbocycles. The highest BCUT2D eigenvalue weighted by molar-refractivity contribution is 7.99. The van der Waals surface area contributed by atoms with E-state index in [0.29, 0.717) is 10.5 Å². The Kier molecular flexibility index (Phi) is 4.00. The van der Waals surface area contributed by atoms with Crippen LogP contribution in [0.25, 0.3) is 0 Å². The molecular formula is C11H15ClO2S. The number of aliphatic hydroxyl groups excluding tert-OH is 1. The summed E-state index contributed by atoms with van der Waals surface area (Å²) < 4.78 is 5.27. The van der Waals surface area contributed by atoms with E-state index in [0.717, 1.165) is 30.8 Å². The van der Waals surface area contributed by atoms with Gasteiger partial charge in [-0.15, -0.1) is 11.8 Å². The number of hydrogen-bond acceptors (Lipinski definition) is 3. The molecule has 1 saturated carbocycles. The van der Waals surface area contributed by atoms with E-state index >= 15 is 0 Å². The predicted octanol–water partition coefficient (Wildman–Crippen LogP) is 3.47. The van der Waals surface area contributed by atoms with Crippen LogP contribution in [0.2, 0.25) is 5.22 Å². The molecule has 2 rings (SSSR count). The Labute approximate surface area is 99.0 Å². The van der Waals surface area contributed by atoms with Gasteiger partial charge in [0.1, 0.15) is 5.76 Å². The van der Waals surface area contributed by atoms with Gasteiger partial charge in [-0.25, -0.2) is 0 Å². The molecule has 1 aromatic heterocycles. The van der Waals surface area contributed by atoms with E-state index < -0.39 is 0 Å². The molecule has 0 saturated heterocycles. The molecule has 1 aromatic rings. The lowest BCUT2D eigenvalue weighted by atomic mass is 9.97. The van der Waals surface area contributed by atoms with Crippen LogP contribution in [0.3, 0.4) is 0 Å². The highest BCUT2D eigenvalue weighted by atomic mass is 35.5. The van der Waals surface area contributed by atoms with Gasteiger partial charge in [0.15, 0.2) is 5.22 Å². The maximum Gasteiger partial charge on any atom is 0.193 e. The third-order valence-electron chi connectivity index (χ3n) is 2.74. The van der Waals surface area contributed by atoms with Gasteiger partial charge < -0.3 is 9.52 Å². The van der Waals surface area contributed by atoms with Crippen molar-refractivity contribution in [3.8, 4) is 0 Å². The van der Waals surface area contributed by atoms with Crippen molar-refractivity contribution in [3.05, 3.63) is 23.1 Å². The van der Waals surface area contributed by atoms with Crippen LogP contribution < -0.4 is 0 Å². The smallest absolute Gasteiger partial charge is 0.193 e. The Bertz CT molecular complexity index is 313. The Hall–Kier alpha value is -0.120. The minimum absolute atomic E-state index is 0.144. The van der Waals surface area contributed by atoms with Crippen LogP contribution >= 0.6 is 23.4 Å². The van der Waals surface area contributed by atoms with Crippen molar-refractivity contribution >= 4 is 23.4 Å².